The van der Waals surface area contributed by atoms with Gasteiger partial charge < -0.3 is 5.11 Å². The highest BCUT2D eigenvalue weighted by molar-refractivity contribution is 8.00. The predicted octanol–water partition coefficient (Wildman–Crippen LogP) is 1.68. The molecule has 0 saturated carbocycles. The minimum absolute atomic E-state index is 0.503. The Morgan fingerprint density at radius 2 is 2.33 bits per heavy atom. The molecule has 2 heterocycles. The molecule has 0 aromatic rings. The van der Waals surface area contributed by atoms with Crippen molar-refractivity contribution in [3.05, 3.63) is 0 Å². The molecular formula is C11H19NO2S. The maximum Gasteiger partial charge on any atom is 0.310 e. The average Bonchev–Trinajstić information content (AvgIpc) is 2.73. The number of nitrogens with zero attached hydrogens (tertiary/aromatic N) is 1. The van der Waals surface area contributed by atoms with Gasteiger partial charge >= 0.3 is 5.97 Å². The van der Waals surface area contributed by atoms with E-state index < -0.39 is 11.4 Å². The number of aliphatic carboxylic acids is 1. The molecule has 15 heavy (non-hydrogen) atoms. The first-order valence-corrected chi connectivity index (χ1v) is 6.65. The number of carbonyl (C=O) groups is 1. The van der Waals surface area contributed by atoms with Crippen molar-refractivity contribution in [2.45, 2.75) is 38.0 Å². The number of likely N-dealkylation sites (tertiary alicyclic amines) is 1. The van der Waals surface area contributed by atoms with Crippen molar-refractivity contribution in [3.8, 4) is 0 Å². The maximum absolute atomic E-state index is 11.1. The Hall–Kier alpha value is -0.220. The molecule has 0 aromatic carbocycles. The van der Waals surface area contributed by atoms with Crippen LogP contribution in [0, 0.1) is 5.41 Å². The maximum atomic E-state index is 11.1. The van der Waals surface area contributed by atoms with Gasteiger partial charge in [-0.05, 0) is 26.3 Å². The third kappa shape index (κ3) is 2.16. The van der Waals surface area contributed by atoms with Crippen LogP contribution < -0.4 is 0 Å². The number of carboxylic acid groups (broad SMARTS) is 1. The molecular weight excluding hydrogens is 210 g/mol. The predicted molar refractivity (Wildman–Crippen MR) is 62.3 cm³/mol. The zero-order chi connectivity index (χ0) is 11.1. The molecule has 86 valence electrons. The van der Waals surface area contributed by atoms with E-state index in [2.05, 4.69) is 11.8 Å². The third-order valence-electron chi connectivity index (χ3n) is 3.71. The van der Waals surface area contributed by atoms with Gasteiger partial charge in [0, 0.05) is 23.6 Å². The van der Waals surface area contributed by atoms with Crippen LogP contribution in [0.1, 0.15) is 26.7 Å². The van der Waals surface area contributed by atoms with E-state index in [1.807, 2.05) is 18.7 Å². The van der Waals surface area contributed by atoms with E-state index in [0.29, 0.717) is 6.04 Å². The molecule has 2 aliphatic heterocycles. The molecule has 1 N–H and O–H groups in total. The van der Waals surface area contributed by atoms with E-state index in [4.69, 9.17) is 5.11 Å². The summed E-state index contributed by atoms with van der Waals surface area (Å²) in [6, 6.07) is 0.617. The molecule has 0 amide bonds. The van der Waals surface area contributed by atoms with Gasteiger partial charge in [-0.3, -0.25) is 9.69 Å². The molecule has 3 atom stereocenters. The fraction of sp³-hybridized carbons (Fsp3) is 0.909. The second-order valence-corrected chi connectivity index (χ2v) is 6.59. The molecule has 0 aromatic heterocycles. The summed E-state index contributed by atoms with van der Waals surface area (Å²) in [6.45, 7) is 5.83. The van der Waals surface area contributed by atoms with E-state index in [-0.39, 0.29) is 0 Å². The van der Waals surface area contributed by atoms with Gasteiger partial charge in [0.05, 0.1) is 5.41 Å². The summed E-state index contributed by atoms with van der Waals surface area (Å²) in [4.78, 5) is 13.5. The van der Waals surface area contributed by atoms with Crippen LogP contribution in [0.5, 0.6) is 0 Å². The lowest BCUT2D eigenvalue weighted by molar-refractivity contribution is -0.147. The summed E-state index contributed by atoms with van der Waals surface area (Å²) >= 11 is 2.01. The van der Waals surface area contributed by atoms with Crippen molar-refractivity contribution in [1.82, 2.24) is 4.90 Å². The van der Waals surface area contributed by atoms with Gasteiger partial charge in [-0.25, -0.2) is 0 Å². The Morgan fingerprint density at radius 1 is 1.60 bits per heavy atom. The summed E-state index contributed by atoms with van der Waals surface area (Å²) < 4.78 is 0. The SMILES string of the molecule is CC1CC(N2CCC(C)(C(=O)O)C2)CS1. The topological polar surface area (TPSA) is 40.5 Å². The van der Waals surface area contributed by atoms with Gasteiger partial charge in [0.1, 0.15) is 0 Å². The van der Waals surface area contributed by atoms with Gasteiger partial charge in [-0.2, -0.15) is 11.8 Å². The zero-order valence-corrected chi connectivity index (χ0v) is 10.2. The first kappa shape index (κ1) is 11.3. The van der Waals surface area contributed by atoms with Crippen molar-refractivity contribution >= 4 is 17.7 Å². The van der Waals surface area contributed by atoms with E-state index in [1.165, 1.54) is 12.2 Å². The number of carboxylic acids is 1. The highest BCUT2D eigenvalue weighted by atomic mass is 32.2. The van der Waals surface area contributed by atoms with Gasteiger partial charge in [0.25, 0.3) is 0 Å². The van der Waals surface area contributed by atoms with Crippen molar-refractivity contribution < 1.29 is 9.90 Å². The Labute approximate surface area is 95.2 Å². The summed E-state index contributed by atoms with van der Waals surface area (Å²) in [5.41, 5.74) is -0.503. The van der Waals surface area contributed by atoms with Gasteiger partial charge in [-0.1, -0.05) is 6.92 Å². The van der Waals surface area contributed by atoms with Crippen LogP contribution in [0.2, 0.25) is 0 Å². The highest BCUT2D eigenvalue weighted by Crippen LogP contribution is 2.36. The molecule has 2 fully saturated rings. The fourth-order valence-corrected chi connectivity index (χ4v) is 3.79. The molecule has 0 spiro atoms. The molecule has 3 nitrogen and oxygen atoms in total. The van der Waals surface area contributed by atoms with Crippen LogP contribution in [0.25, 0.3) is 0 Å². The van der Waals surface area contributed by atoms with Crippen molar-refractivity contribution in [2.24, 2.45) is 5.41 Å². The number of hydrogen-bond donors (Lipinski definition) is 1. The third-order valence-corrected chi connectivity index (χ3v) is 5.05. The molecule has 2 aliphatic rings. The normalized spacial score (nSPS) is 42.3. The van der Waals surface area contributed by atoms with E-state index in [9.17, 15) is 4.79 Å². The van der Waals surface area contributed by atoms with E-state index in [1.54, 1.807) is 0 Å². The lowest BCUT2D eigenvalue weighted by Gasteiger charge is -2.25. The van der Waals surface area contributed by atoms with Gasteiger partial charge in [-0.15, -0.1) is 0 Å². The summed E-state index contributed by atoms with van der Waals surface area (Å²) in [5, 5.41) is 9.90. The minimum Gasteiger partial charge on any atom is -0.481 e. The van der Waals surface area contributed by atoms with Crippen LogP contribution in [0.4, 0.5) is 0 Å². The number of hydrogen-bond acceptors (Lipinski definition) is 3. The van der Waals surface area contributed by atoms with E-state index >= 15 is 0 Å². The van der Waals surface area contributed by atoms with Crippen LogP contribution in [-0.2, 0) is 4.79 Å². The Bertz CT molecular complexity index is 271. The quantitative estimate of drug-likeness (QED) is 0.782. The largest absolute Gasteiger partial charge is 0.481 e. The van der Waals surface area contributed by atoms with Crippen LogP contribution >= 0.6 is 11.8 Å². The fourth-order valence-electron chi connectivity index (χ4n) is 2.53. The van der Waals surface area contributed by atoms with Crippen molar-refractivity contribution in [1.29, 1.82) is 0 Å². The monoisotopic (exact) mass is 229 g/mol. The van der Waals surface area contributed by atoms with Crippen molar-refractivity contribution in [2.75, 3.05) is 18.8 Å². The average molecular weight is 229 g/mol. The first-order chi connectivity index (χ1) is 7.01. The molecule has 2 saturated heterocycles. The second kappa shape index (κ2) is 3.98. The number of rotatable bonds is 2. The van der Waals surface area contributed by atoms with Crippen molar-refractivity contribution in [3.63, 3.8) is 0 Å². The molecule has 2 rings (SSSR count). The standard InChI is InChI=1S/C11H19NO2S/c1-8-5-9(6-15-8)12-4-3-11(2,7-12)10(13)14/h8-9H,3-7H2,1-2H3,(H,13,14). The molecule has 0 aliphatic carbocycles. The molecule has 3 unspecified atom stereocenters. The lowest BCUT2D eigenvalue weighted by atomic mass is 9.90. The molecule has 0 radical (unpaired) electrons. The molecule has 0 bridgehead atoms. The Kier molecular flexibility index (Phi) is 2.99. The first-order valence-electron chi connectivity index (χ1n) is 5.60. The van der Waals surface area contributed by atoms with Crippen LogP contribution in [-0.4, -0.2) is 46.1 Å². The minimum atomic E-state index is -0.635. The van der Waals surface area contributed by atoms with Crippen LogP contribution in [0.3, 0.4) is 0 Å². The second-order valence-electron chi connectivity index (χ2n) is 5.12. The Morgan fingerprint density at radius 3 is 2.80 bits per heavy atom. The number of thioether (sulfide) groups is 1. The smallest absolute Gasteiger partial charge is 0.310 e. The summed E-state index contributed by atoms with van der Waals surface area (Å²) in [5.74, 6) is 0.542. The summed E-state index contributed by atoms with van der Waals surface area (Å²) in [7, 11) is 0. The molecule has 4 heteroatoms. The zero-order valence-electron chi connectivity index (χ0n) is 9.40. The van der Waals surface area contributed by atoms with Gasteiger partial charge in [0.15, 0.2) is 0 Å². The summed E-state index contributed by atoms with van der Waals surface area (Å²) in [6.07, 6.45) is 2.03. The van der Waals surface area contributed by atoms with Crippen LogP contribution in [0.15, 0.2) is 0 Å². The highest BCUT2D eigenvalue weighted by Gasteiger charge is 2.43. The lowest BCUT2D eigenvalue weighted by Crippen LogP contribution is -2.37. The Balaban J connectivity index is 1.95. The van der Waals surface area contributed by atoms with E-state index in [0.717, 1.165) is 24.8 Å². The van der Waals surface area contributed by atoms with Gasteiger partial charge in [0.2, 0.25) is 0 Å².